The number of H-pyrrole nitrogens is 1. The average molecular weight is 364 g/mol. The minimum atomic E-state index is -0.00721. The van der Waals surface area contributed by atoms with Crippen molar-refractivity contribution < 1.29 is 4.79 Å². The van der Waals surface area contributed by atoms with Gasteiger partial charge in [-0.05, 0) is 37.1 Å². The molecule has 27 heavy (non-hydrogen) atoms. The van der Waals surface area contributed by atoms with Gasteiger partial charge in [-0.25, -0.2) is 9.97 Å². The minimum absolute atomic E-state index is 0.00721. The molecule has 0 atom stereocenters. The van der Waals surface area contributed by atoms with Gasteiger partial charge < -0.3 is 20.1 Å². The molecule has 0 unspecified atom stereocenters. The number of aromatic nitrogens is 3. The first-order valence-electron chi connectivity index (χ1n) is 9.23. The molecule has 7 nitrogen and oxygen atoms in total. The van der Waals surface area contributed by atoms with E-state index < -0.39 is 0 Å². The van der Waals surface area contributed by atoms with E-state index in [2.05, 4.69) is 25.2 Å². The van der Waals surface area contributed by atoms with Crippen molar-refractivity contribution in [1.29, 1.82) is 0 Å². The normalized spacial score (nSPS) is 15.1. The highest BCUT2D eigenvalue weighted by atomic mass is 16.1. The molecule has 1 aliphatic heterocycles. The Hall–Kier alpha value is -3.09. The maximum absolute atomic E-state index is 12.6. The van der Waals surface area contributed by atoms with Crippen molar-refractivity contribution in [3.05, 3.63) is 48.4 Å². The Kier molecular flexibility index (Phi) is 4.66. The fourth-order valence-electron chi connectivity index (χ4n) is 3.54. The van der Waals surface area contributed by atoms with Gasteiger partial charge in [-0.15, -0.1) is 0 Å². The average Bonchev–Trinajstić information content (AvgIpc) is 3.17. The lowest BCUT2D eigenvalue weighted by Gasteiger charge is -2.33. The van der Waals surface area contributed by atoms with E-state index in [0.717, 1.165) is 48.5 Å². The van der Waals surface area contributed by atoms with Gasteiger partial charge >= 0.3 is 0 Å². The first-order valence-corrected chi connectivity index (χ1v) is 9.23. The van der Waals surface area contributed by atoms with Crippen LogP contribution >= 0.6 is 0 Å². The molecule has 0 saturated carbocycles. The van der Waals surface area contributed by atoms with Gasteiger partial charge in [0.2, 0.25) is 0 Å². The number of amides is 1. The van der Waals surface area contributed by atoms with Crippen LogP contribution < -0.4 is 15.1 Å². The molecule has 2 aromatic heterocycles. The molecule has 1 amide bonds. The number of carbonyl (C=O) groups excluding carboxylic acids is 1. The molecule has 3 heterocycles. The number of benzene rings is 1. The Balaban J connectivity index is 1.39. The van der Waals surface area contributed by atoms with E-state index in [1.54, 1.807) is 6.33 Å². The van der Waals surface area contributed by atoms with Gasteiger partial charge in [0.05, 0.1) is 5.39 Å². The molecule has 1 aromatic carbocycles. The summed E-state index contributed by atoms with van der Waals surface area (Å²) in [6.45, 7) is 1.72. The smallest absolute Gasteiger partial charge is 0.251 e. The van der Waals surface area contributed by atoms with Crippen LogP contribution in [0.1, 0.15) is 23.2 Å². The molecular formula is C20H24N6O. The summed E-state index contributed by atoms with van der Waals surface area (Å²) in [4.78, 5) is 28.7. The standard InChI is InChI=1S/C20H24N6O/c1-25(2)16-5-3-4-14(12-16)20(27)24-15-7-10-26(11-8-15)19-17-6-9-21-18(17)22-13-23-19/h3-6,9,12-13,15H,7-8,10-11H2,1-2H3,(H,24,27)(H,21,22,23). The van der Waals surface area contributed by atoms with Crippen molar-refractivity contribution in [3.63, 3.8) is 0 Å². The number of nitrogens with zero attached hydrogens (tertiary/aromatic N) is 4. The van der Waals surface area contributed by atoms with Gasteiger partial charge in [-0.1, -0.05) is 6.07 Å². The molecule has 2 N–H and O–H groups in total. The Morgan fingerprint density at radius 2 is 2.04 bits per heavy atom. The molecule has 0 bridgehead atoms. The zero-order valence-corrected chi connectivity index (χ0v) is 15.6. The summed E-state index contributed by atoms with van der Waals surface area (Å²) in [6.07, 6.45) is 5.28. The molecule has 0 radical (unpaired) electrons. The highest BCUT2D eigenvalue weighted by molar-refractivity contribution is 5.95. The third-order valence-electron chi connectivity index (χ3n) is 5.09. The third kappa shape index (κ3) is 3.58. The van der Waals surface area contributed by atoms with Gasteiger partial charge in [-0.2, -0.15) is 0 Å². The zero-order chi connectivity index (χ0) is 18.8. The number of carbonyl (C=O) groups is 1. The van der Waals surface area contributed by atoms with Crippen LogP contribution in [0.4, 0.5) is 11.5 Å². The number of hydrogen-bond acceptors (Lipinski definition) is 5. The van der Waals surface area contributed by atoms with Crippen LogP contribution in [0.2, 0.25) is 0 Å². The zero-order valence-electron chi connectivity index (χ0n) is 15.6. The molecule has 0 aliphatic carbocycles. The van der Waals surface area contributed by atoms with Crippen molar-refractivity contribution in [2.75, 3.05) is 37.0 Å². The fourth-order valence-corrected chi connectivity index (χ4v) is 3.54. The lowest BCUT2D eigenvalue weighted by atomic mass is 10.0. The van der Waals surface area contributed by atoms with E-state index in [4.69, 9.17) is 0 Å². The molecule has 1 aliphatic rings. The first kappa shape index (κ1) is 17.3. The number of aromatic amines is 1. The first-order chi connectivity index (χ1) is 13.1. The number of hydrogen-bond donors (Lipinski definition) is 2. The number of rotatable bonds is 4. The summed E-state index contributed by atoms with van der Waals surface area (Å²) in [5, 5.41) is 4.22. The third-order valence-corrected chi connectivity index (χ3v) is 5.09. The molecular weight excluding hydrogens is 340 g/mol. The topological polar surface area (TPSA) is 77.2 Å². The number of piperidine rings is 1. The Morgan fingerprint density at radius 1 is 1.22 bits per heavy atom. The number of nitrogens with one attached hydrogen (secondary N) is 2. The van der Waals surface area contributed by atoms with Gasteiger partial charge in [0.1, 0.15) is 17.8 Å². The molecule has 7 heteroatoms. The van der Waals surface area contributed by atoms with Crippen LogP contribution in [-0.2, 0) is 0 Å². The Morgan fingerprint density at radius 3 is 2.81 bits per heavy atom. The maximum Gasteiger partial charge on any atom is 0.251 e. The van der Waals surface area contributed by atoms with E-state index >= 15 is 0 Å². The molecule has 0 spiro atoms. The van der Waals surface area contributed by atoms with Crippen LogP contribution in [-0.4, -0.2) is 54.1 Å². The quantitative estimate of drug-likeness (QED) is 0.743. The molecule has 1 saturated heterocycles. The van der Waals surface area contributed by atoms with Crippen molar-refractivity contribution in [2.24, 2.45) is 0 Å². The highest BCUT2D eigenvalue weighted by Crippen LogP contribution is 2.25. The van der Waals surface area contributed by atoms with Crippen molar-refractivity contribution in [2.45, 2.75) is 18.9 Å². The van der Waals surface area contributed by atoms with E-state index in [-0.39, 0.29) is 11.9 Å². The highest BCUT2D eigenvalue weighted by Gasteiger charge is 2.23. The molecule has 3 aromatic rings. The summed E-state index contributed by atoms with van der Waals surface area (Å²) >= 11 is 0. The van der Waals surface area contributed by atoms with Crippen LogP contribution in [0, 0.1) is 0 Å². The predicted octanol–water partition coefficient (Wildman–Crippen LogP) is 2.42. The maximum atomic E-state index is 12.6. The summed E-state index contributed by atoms with van der Waals surface area (Å²) in [6, 6.07) is 9.90. The largest absolute Gasteiger partial charge is 0.378 e. The molecule has 1 fully saturated rings. The summed E-state index contributed by atoms with van der Waals surface area (Å²) in [5.74, 6) is 0.955. The fraction of sp³-hybridized carbons (Fsp3) is 0.350. The Labute approximate surface area is 158 Å². The van der Waals surface area contributed by atoms with Gasteiger partial charge in [-0.3, -0.25) is 4.79 Å². The van der Waals surface area contributed by atoms with Crippen molar-refractivity contribution >= 4 is 28.4 Å². The Bertz CT molecular complexity index is 942. The van der Waals surface area contributed by atoms with E-state index in [1.807, 2.05) is 55.5 Å². The monoisotopic (exact) mass is 364 g/mol. The van der Waals surface area contributed by atoms with Crippen molar-refractivity contribution in [3.8, 4) is 0 Å². The summed E-state index contributed by atoms with van der Waals surface area (Å²) in [7, 11) is 3.95. The molecule has 140 valence electrons. The van der Waals surface area contributed by atoms with Crippen molar-refractivity contribution in [1.82, 2.24) is 20.3 Å². The second-order valence-corrected chi connectivity index (χ2v) is 7.12. The summed E-state index contributed by atoms with van der Waals surface area (Å²) < 4.78 is 0. The van der Waals surface area contributed by atoms with Crippen LogP contribution in [0.25, 0.3) is 11.0 Å². The lowest BCUT2D eigenvalue weighted by Crippen LogP contribution is -2.45. The van der Waals surface area contributed by atoms with E-state index in [1.165, 1.54) is 0 Å². The predicted molar refractivity (Wildman–Crippen MR) is 107 cm³/mol. The number of fused-ring (bicyclic) bond motifs is 1. The second-order valence-electron chi connectivity index (χ2n) is 7.12. The van der Waals surface area contributed by atoms with Gasteiger partial charge in [0.15, 0.2) is 0 Å². The van der Waals surface area contributed by atoms with Crippen LogP contribution in [0.5, 0.6) is 0 Å². The lowest BCUT2D eigenvalue weighted by molar-refractivity contribution is 0.0931. The van der Waals surface area contributed by atoms with Crippen LogP contribution in [0.3, 0.4) is 0 Å². The second kappa shape index (κ2) is 7.26. The number of anilines is 2. The SMILES string of the molecule is CN(C)c1cccc(C(=O)NC2CCN(c3ncnc4[nH]ccc34)CC2)c1. The summed E-state index contributed by atoms with van der Waals surface area (Å²) in [5.41, 5.74) is 2.58. The minimum Gasteiger partial charge on any atom is -0.378 e. The van der Waals surface area contributed by atoms with E-state index in [0.29, 0.717) is 5.56 Å². The van der Waals surface area contributed by atoms with Crippen LogP contribution in [0.15, 0.2) is 42.9 Å². The van der Waals surface area contributed by atoms with Gasteiger partial charge in [0.25, 0.3) is 5.91 Å². The molecule has 4 rings (SSSR count). The van der Waals surface area contributed by atoms with E-state index in [9.17, 15) is 4.79 Å². The van der Waals surface area contributed by atoms with Gasteiger partial charge in [0, 0.05) is 50.7 Å².